The zero-order chi connectivity index (χ0) is 17.7. The highest BCUT2D eigenvalue weighted by molar-refractivity contribution is 6.35. The number of nitro groups is 1. The monoisotopic (exact) mass is 368 g/mol. The normalized spacial score (nSPS) is 11.8. The molecule has 0 aromatic heterocycles. The smallest absolute Gasteiger partial charge is 0.279 e. The number of amides is 1. The van der Waals surface area contributed by atoms with Crippen LogP contribution in [-0.2, 0) is 4.79 Å². The van der Waals surface area contributed by atoms with Crippen LogP contribution in [0.4, 0.5) is 11.4 Å². The Morgan fingerprint density at radius 3 is 2.71 bits per heavy atom. The van der Waals surface area contributed by atoms with Gasteiger partial charge in [-0.2, -0.15) is 0 Å². The average Bonchev–Trinajstić information content (AvgIpc) is 2.53. The molecule has 0 radical (unpaired) electrons. The molecule has 2 rings (SSSR count). The molecule has 3 N–H and O–H groups in total. The molecule has 0 bridgehead atoms. The molecule has 0 fully saturated rings. The number of anilines is 1. The second-order valence-electron chi connectivity index (χ2n) is 5.25. The van der Waals surface area contributed by atoms with E-state index < -0.39 is 4.92 Å². The van der Waals surface area contributed by atoms with E-state index in [0.717, 1.165) is 5.56 Å². The van der Waals surface area contributed by atoms with Gasteiger partial charge >= 0.3 is 0 Å². The molecule has 6 nitrogen and oxygen atoms in total. The molecule has 0 aliphatic rings. The van der Waals surface area contributed by atoms with E-state index in [2.05, 4.69) is 5.32 Å². The number of carbonyl (C=O) groups excluding carboxylic acids is 1. The molecular weight excluding hydrogens is 353 g/mol. The van der Waals surface area contributed by atoms with E-state index in [9.17, 15) is 14.9 Å². The van der Waals surface area contributed by atoms with Gasteiger partial charge in [0.1, 0.15) is 6.04 Å². The van der Waals surface area contributed by atoms with E-state index in [1.165, 1.54) is 18.2 Å². The van der Waals surface area contributed by atoms with Crippen LogP contribution in [0.15, 0.2) is 42.5 Å². The van der Waals surface area contributed by atoms with Crippen molar-refractivity contribution in [1.29, 1.82) is 0 Å². The van der Waals surface area contributed by atoms with Crippen molar-refractivity contribution >= 4 is 40.5 Å². The van der Waals surface area contributed by atoms with Gasteiger partial charge in [0, 0.05) is 28.4 Å². The Kier molecular flexibility index (Phi) is 6.14. The molecule has 0 aliphatic carbocycles. The zero-order valence-electron chi connectivity index (χ0n) is 12.8. The molecule has 0 aliphatic heterocycles. The number of hydrogen-bond acceptors (Lipinski definition) is 3. The van der Waals surface area contributed by atoms with E-state index in [4.69, 9.17) is 23.2 Å². The van der Waals surface area contributed by atoms with Gasteiger partial charge in [-0.25, -0.2) is 0 Å². The molecule has 0 heterocycles. The number of quaternary nitrogens is 1. The van der Waals surface area contributed by atoms with E-state index >= 15 is 0 Å². The van der Waals surface area contributed by atoms with Gasteiger partial charge in [0.25, 0.3) is 11.6 Å². The SMILES string of the molecule is C[C@@H]([NH2+]CC(=O)Nc1cccc([N+](=O)[O-])c1)c1ccc(Cl)cc1Cl. The van der Waals surface area contributed by atoms with Crippen LogP contribution in [0.2, 0.25) is 10.0 Å². The maximum Gasteiger partial charge on any atom is 0.279 e. The summed E-state index contributed by atoms with van der Waals surface area (Å²) in [5, 5.41) is 16.3. The van der Waals surface area contributed by atoms with Crippen LogP contribution >= 0.6 is 23.2 Å². The molecular formula is C16H16Cl2N3O3+. The van der Waals surface area contributed by atoms with Crippen LogP contribution in [0.3, 0.4) is 0 Å². The van der Waals surface area contributed by atoms with Crippen LogP contribution in [0.25, 0.3) is 0 Å². The van der Waals surface area contributed by atoms with Crippen molar-refractivity contribution in [2.24, 2.45) is 0 Å². The summed E-state index contributed by atoms with van der Waals surface area (Å²) in [4.78, 5) is 22.2. The van der Waals surface area contributed by atoms with E-state index in [1.807, 2.05) is 18.3 Å². The van der Waals surface area contributed by atoms with Gasteiger partial charge in [0.2, 0.25) is 0 Å². The van der Waals surface area contributed by atoms with Gasteiger partial charge in [0.05, 0.1) is 9.95 Å². The highest BCUT2D eigenvalue weighted by atomic mass is 35.5. The summed E-state index contributed by atoms with van der Waals surface area (Å²) in [5.74, 6) is -0.257. The highest BCUT2D eigenvalue weighted by Gasteiger charge is 2.15. The van der Waals surface area contributed by atoms with Crippen LogP contribution in [0, 0.1) is 10.1 Å². The Morgan fingerprint density at radius 2 is 2.04 bits per heavy atom. The van der Waals surface area contributed by atoms with Gasteiger partial charge in [-0.05, 0) is 25.1 Å². The number of carbonyl (C=O) groups is 1. The molecule has 126 valence electrons. The zero-order valence-corrected chi connectivity index (χ0v) is 14.3. The third-order valence-electron chi connectivity index (χ3n) is 3.45. The van der Waals surface area contributed by atoms with Crippen molar-refractivity contribution < 1.29 is 15.0 Å². The van der Waals surface area contributed by atoms with E-state index in [1.54, 1.807) is 18.2 Å². The first-order chi connectivity index (χ1) is 11.4. The molecule has 1 amide bonds. The molecule has 8 heteroatoms. The maximum atomic E-state index is 12.0. The van der Waals surface area contributed by atoms with E-state index in [0.29, 0.717) is 15.7 Å². The van der Waals surface area contributed by atoms with Crippen molar-refractivity contribution in [2.75, 3.05) is 11.9 Å². The fraction of sp³-hybridized carbons (Fsp3) is 0.188. The number of nitrogens with one attached hydrogen (secondary N) is 1. The minimum Gasteiger partial charge on any atom is -0.332 e. The summed E-state index contributed by atoms with van der Waals surface area (Å²) in [6, 6.07) is 11.0. The minimum atomic E-state index is -0.508. The Bertz CT molecular complexity index is 768. The summed E-state index contributed by atoms with van der Waals surface area (Å²) in [6.07, 6.45) is 0. The Labute approximate surface area is 148 Å². The number of non-ortho nitro benzene ring substituents is 1. The fourth-order valence-corrected chi connectivity index (χ4v) is 2.77. The second-order valence-corrected chi connectivity index (χ2v) is 6.09. The number of hydrogen-bond donors (Lipinski definition) is 2. The molecule has 0 saturated heterocycles. The first-order valence-corrected chi connectivity index (χ1v) is 7.95. The van der Waals surface area contributed by atoms with Gasteiger partial charge < -0.3 is 10.6 Å². The molecule has 2 aromatic rings. The topological polar surface area (TPSA) is 88.8 Å². The second kappa shape index (κ2) is 8.10. The lowest BCUT2D eigenvalue weighted by molar-refractivity contribution is -0.682. The lowest BCUT2D eigenvalue weighted by Crippen LogP contribution is -2.86. The predicted molar refractivity (Wildman–Crippen MR) is 93.4 cm³/mol. The fourth-order valence-electron chi connectivity index (χ4n) is 2.19. The first kappa shape index (κ1) is 18.2. The summed E-state index contributed by atoms with van der Waals surface area (Å²) < 4.78 is 0. The first-order valence-electron chi connectivity index (χ1n) is 7.19. The molecule has 24 heavy (non-hydrogen) atoms. The van der Waals surface area contributed by atoms with Crippen molar-refractivity contribution in [3.05, 3.63) is 68.2 Å². The number of rotatable bonds is 6. The lowest BCUT2D eigenvalue weighted by Gasteiger charge is -2.13. The Hall–Kier alpha value is -2.15. The number of nitrogens with zero attached hydrogens (tertiary/aromatic N) is 1. The molecule has 0 unspecified atom stereocenters. The van der Waals surface area contributed by atoms with Crippen molar-refractivity contribution in [2.45, 2.75) is 13.0 Å². The third kappa shape index (κ3) is 4.92. The molecule has 1 atom stereocenters. The van der Waals surface area contributed by atoms with Gasteiger partial charge in [-0.1, -0.05) is 35.3 Å². The summed E-state index contributed by atoms with van der Waals surface area (Å²) >= 11 is 12.0. The average molecular weight is 369 g/mol. The summed E-state index contributed by atoms with van der Waals surface area (Å²) in [6.45, 7) is 2.08. The quantitative estimate of drug-likeness (QED) is 0.606. The van der Waals surface area contributed by atoms with Gasteiger partial charge in [0.15, 0.2) is 6.54 Å². The Balaban J connectivity index is 1.93. The number of benzene rings is 2. The number of nitro benzene ring substituents is 1. The van der Waals surface area contributed by atoms with Crippen molar-refractivity contribution in [1.82, 2.24) is 0 Å². The summed E-state index contributed by atoms with van der Waals surface area (Å²) in [5.41, 5.74) is 1.20. The number of halogens is 2. The van der Waals surface area contributed by atoms with Crippen molar-refractivity contribution in [3.8, 4) is 0 Å². The van der Waals surface area contributed by atoms with Crippen LogP contribution in [0.1, 0.15) is 18.5 Å². The largest absolute Gasteiger partial charge is 0.332 e. The third-order valence-corrected chi connectivity index (χ3v) is 4.01. The predicted octanol–water partition coefficient (Wildman–Crippen LogP) is 3.16. The van der Waals surface area contributed by atoms with Gasteiger partial charge in [-0.3, -0.25) is 14.9 Å². The van der Waals surface area contributed by atoms with E-state index in [-0.39, 0.29) is 24.2 Å². The summed E-state index contributed by atoms with van der Waals surface area (Å²) in [7, 11) is 0. The van der Waals surface area contributed by atoms with Crippen LogP contribution in [-0.4, -0.2) is 17.4 Å². The standard InChI is InChI=1S/C16H15Cl2N3O3/c1-10(14-6-5-11(17)7-15(14)18)19-9-16(22)20-12-3-2-4-13(8-12)21(23)24/h2-8,10,19H,9H2,1H3,(H,20,22)/p+1/t10-/m1/s1. The van der Waals surface area contributed by atoms with Crippen LogP contribution < -0.4 is 10.6 Å². The highest BCUT2D eigenvalue weighted by Crippen LogP contribution is 2.24. The van der Waals surface area contributed by atoms with Crippen LogP contribution in [0.5, 0.6) is 0 Å². The molecule has 2 aromatic carbocycles. The number of nitrogens with two attached hydrogens (primary N) is 1. The molecule has 0 saturated carbocycles. The maximum absolute atomic E-state index is 12.0. The van der Waals surface area contributed by atoms with Crippen molar-refractivity contribution in [3.63, 3.8) is 0 Å². The molecule has 0 spiro atoms. The van der Waals surface area contributed by atoms with Gasteiger partial charge in [-0.15, -0.1) is 0 Å². The lowest BCUT2D eigenvalue weighted by atomic mass is 10.1. The Morgan fingerprint density at radius 1 is 1.29 bits per heavy atom. The minimum absolute atomic E-state index is 0.0365.